The minimum absolute atomic E-state index is 0.0912. The first-order chi connectivity index (χ1) is 28.6. The van der Waals surface area contributed by atoms with Gasteiger partial charge in [-0.15, -0.1) is 0 Å². The Bertz CT molecular complexity index is 840. The molecule has 0 aromatic rings. The SMILES string of the molecule is CCCC/C=C\CCCCCCCC(=O)OC(COCCCCCCCCCCCCCCCCCCCC)COC(=O)CCCCCCCCCCCCCCC. The van der Waals surface area contributed by atoms with Crippen molar-refractivity contribution in [2.24, 2.45) is 0 Å². The summed E-state index contributed by atoms with van der Waals surface area (Å²) in [7, 11) is 0. The molecular formula is C53H102O5. The van der Waals surface area contributed by atoms with Gasteiger partial charge in [0.1, 0.15) is 6.61 Å². The lowest BCUT2D eigenvalue weighted by atomic mass is 10.0. The van der Waals surface area contributed by atoms with Crippen LogP contribution in [0.15, 0.2) is 12.2 Å². The molecule has 0 heterocycles. The van der Waals surface area contributed by atoms with Crippen LogP contribution in [0.4, 0.5) is 0 Å². The Kier molecular flexibility index (Phi) is 48.8. The summed E-state index contributed by atoms with van der Waals surface area (Å²) in [4.78, 5) is 25.3. The van der Waals surface area contributed by atoms with Crippen molar-refractivity contribution in [2.45, 2.75) is 297 Å². The summed E-state index contributed by atoms with van der Waals surface area (Å²) in [5.74, 6) is -0.388. The Hall–Kier alpha value is -1.36. The van der Waals surface area contributed by atoms with E-state index in [9.17, 15) is 9.59 Å². The normalized spacial score (nSPS) is 12.1. The molecule has 0 bridgehead atoms. The molecule has 0 rings (SSSR count). The molecule has 0 fully saturated rings. The zero-order chi connectivity index (χ0) is 42.1. The van der Waals surface area contributed by atoms with E-state index in [2.05, 4.69) is 32.9 Å². The Morgan fingerprint density at radius 3 is 1.10 bits per heavy atom. The number of ether oxygens (including phenoxy) is 3. The summed E-state index contributed by atoms with van der Waals surface area (Å²) < 4.78 is 17.4. The molecule has 0 aliphatic heterocycles. The molecule has 0 saturated heterocycles. The molecule has 5 heteroatoms. The fraction of sp³-hybridized carbons (Fsp3) is 0.925. The first-order valence-corrected chi connectivity index (χ1v) is 26.2. The molecule has 1 unspecified atom stereocenters. The maximum Gasteiger partial charge on any atom is 0.306 e. The van der Waals surface area contributed by atoms with Gasteiger partial charge in [0.25, 0.3) is 0 Å². The molecule has 0 saturated carbocycles. The van der Waals surface area contributed by atoms with E-state index >= 15 is 0 Å². The number of carbonyl (C=O) groups excluding carboxylic acids is 2. The van der Waals surface area contributed by atoms with E-state index < -0.39 is 6.10 Å². The highest BCUT2D eigenvalue weighted by atomic mass is 16.6. The number of esters is 2. The third-order valence-electron chi connectivity index (χ3n) is 11.8. The number of hydrogen-bond donors (Lipinski definition) is 0. The fourth-order valence-corrected chi connectivity index (χ4v) is 7.85. The van der Waals surface area contributed by atoms with Crippen molar-refractivity contribution in [3.63, 3.8) is 0 Å². The third kappa shape index (κ3) is 47.3. The number of rotatable bonds is 49. The smallest absolute Gasteiger partial charge is 0.306 e. The maximum atomic E-state index is 12.7. The molecule has 0 aromatic heterocycles. The Morgan fingerprint density at radius 2 is 0.690 bits per heavy atom. The van der Waals surface area contributed by atoms with Crippen LogP contribution in [-0.4, -0.2) is 37.9 Å². The lowest BCUT2D eigenvalue weighted by molar-refractivity contribution is -0.163. The minimum atomic E-state index is -0.530. The zero-order valence-corrected chi connectivity index (χ0v) is 39.6. The second-order valence-corrected chi connectivity index (χ2v) is 17.8. The van der Waals surface area contributed by atoms with Gasteiger partial charge in [0.05, 0.1) is 6.61 Å². The van der Waals surface area contributed by atoms with Gasteiger partial charge in [0.2, 0.25) is 0 Å². The number of allylic oxidation sites excluding steroid dienone is 2. The van der Waals surface area contributed by atoms with Crippen LogP contribution in [0.3, 0.4) is 0 Å². The van der Waals surface area contributed by atoms with Gasteiger partial charge in [-0.1, -0.05) is 251 Å². The monoisotopic (exact) mass is 819 g/mol. The van der Waals surface area contributed by atoms with Crippen molar-refractivity contribution in [1.82, 2.24) is 0 Å². The van der Waals surface area contributed by atoms with Crippen LogP contribution in [0.25, 0.3) is 0 Å². The Morgan fingerprint density at radius 1 is 0.362 bits per heavy atom. The second kappa shape index (κ2) is 50.0. The number of carbonyl (C=O) groups is 2. The number of unbranched alkanes of at least 4 members (excludes halogenated alkanes) is 36. The topological polar surface area (TPSA) is 61.8 Å². The van der Waals surface area contributed by atoms with Gasteiger partial charge in [-0.05, 0) is 38.5 Å². The largest absolute Gasteiger partial charge is 0.462 e. The van der Waals surface area contributed by atoms with E-state index in [1.807, 2.05) is 0 Å². The van der Waals surface area contributed by atoms with E-state index in [-0.39, 0.29) is 18.5 Å². The molecule has 1 atom stereocenters. The minimum Gasteiger partial charge on any atom is -0.462 e. The predicted molar refractivity (Wildman–Crippen MR) is 252 cm³/mol. The molecule has 0 aromatic carbocycles. The van der Waals surface area contributed by atoms with Crippen LogP contribution < -0.4 is 0 Å². The summed E-state index contributed by atoms with van der Waals surface area (Å²) in [5, 5.41) is 0. The molecule has 0 spiro atoms. The van der Waals surface area contributed by atoms with E-state index in [0.717, 1.165) is 44.9 Å². The molecule has 0 radical (unpaired) electrons. The summed E-state index contributed by atoms with van der Waals surface area (Å²) in [6, 6.07) is 0. The molecule has 0 N–H and O–H groups in total. The van der Waals surface area contributed by atoms with Crippen LogP contribution in [0.5, 0.6) is 0 Å². The molecule has 0 aliphatic carbocycles. The van der Waals surface area contributed by atoms with E-state index in [4.69, 9.17) is 14.2 Å². The van der Waals surface area contributed by atoms with Crippen LogP contribution in [0, 0.1) is 0 Å². The summed E-state index contributed by atoms with van der Waals surface area (Å²) in [6.07, 6.45) is 56.5. The quantitative estimate of drug-likeness (QED) is 0.0348. The fourth-order valence-electron chi connectivity index (χ4n) is 7.85. The molecule has 0 amide bonds. The first kappa shape index (κ1) is 56.6. The molecule has 58 heavy (non-hydrogen) atoms. The van der Waals surface area contributed by atoms with Crippen molar-refractivity contribution in [2.75, 3.05) is 19.8 Å². The third-order valence-corrected chi connectivity index (χ3v) is 11.8. The molecule has 344 valence electrons. The average Bonchev–Trinajstić information content (AvgIpc) is 3.22. The van der Waals surface area contributed by atoms with Crippen LogP contribution >= 0.6 is 0 Å². The molecule has 0 aliphatic rings. The van der Waals surface area contributed by atoms with Gasteiger partial charge < -0.3 is 14.2 Å². The van der Waals surface area contributed by atoms with Crippen molar-refractivity contribution in [1.29, 1.82) is 0 Å². The van der Waals surface area contributed by atoms with Gasteiger partial charge in [0, 0.05) is 19.4 Å². The first-order valence-electron chi connectivity index (χ1n) is 26.2. The summed E-state index contributed by atoms with van der Waals surface area (Å²) >= 11 is 0. The van der Waals surface area contributed by atoms with Gasteiger partial charge in [-0.25, -0.2) is 0 Å². The van der Waals surface area contributed by atoms with Crippen LogP contribution in [-0.2, 0) is 23.8 Å². The van der Waals surface area contributed by atoms with Crippen LogP contribution in [0.2, 0.25) is 0 Å². The Labute approximate surface area is 363 Å². The van der Waals surface area contributed by atoms with Gasteiger partial charge in [-0.3, -0.25) is 9.59 Å². The van der Waals surface area contributed by atoms with E-state index in [0.29, 0.717) is 26.1 Å². The van der Waals surface area contributed by atoms with Gasteiger partial charge >= 0.3 is 11.9 Å². The zero-order valence-electron chi connectivity index (χ0n) is 39.6. The highest BCUT2D eigenvalue weighted by Gasteiger charge is 2.17. The van der Waals surface area contributed by atoms with Crippen molar-refractivity contribution >= 4 is 11.9 Å². The lowest BCUT2D eigenvalue weighted by Gasteiger charge is -2.18. The molecule has 5 nitrogen and oxygen atoms in total. The standard InChI is InChI=1S/C53H102O5/c1-4-7-10-13-16-19-22-24-25-26-27-28-30-33-36-39-42-45-48-56-49-51(58-53(55)47-44-41-38-35-31-21-18-15-12-9-6-3)50-57-52(54)46-43-40-37-34-32-29-23-20-17-14-11-8-5-2/h15,18,51H,4-14,16-17,19-50H2,1-3H3/b18-15-. The molecular weight excluding hydrogens is 717 g/mol. The summed E-state index contributed by atoms with van der Waals surface area (Å²) in [6.45, 7) is 7.85. The van der Waals surface area contributed by atoms with Crippen molar-refractivity contribution < 1.29 is 23.8 Å². The van der Waals surface area contributed by atoms with E-state index in [1.54, 1.807) is 0 Å². The van der Waals surface area contributed by atoms with Crippen molar-refractivity contribution in [3.8, 4) is 0 Å². The van der Waals surface area contributed by atoms with Gasteiger partial charge in [0.15, 0.2) is 6.10 Å². The number of hydrogen-bond acceptors (Lipinski definition) is 5. The average molecular weight is 819 g/mol. The Balaban J connectivity index is 4.16. The van der Waals surface area contributed by atoms with Gasteiger partial charge in [-0.2, -0.15) is 0 Å². The highest BCUT2D eigenvalue weighted by molar-refractivity contribution is 5.70. The van der Waals surface area contributed by atoms with E-state index in [1.165, 1.54) is 212 Å². The lowest BCUT2D eigenvalue weighted by Crippen LogP contribution is -2.30. The van der Waals surface area contributed by atoms with Crippen LogP contribution in [0.1, 0.15) is 290 Å². The predicted octanol–water partition coefficient (Wildman–Crippen LogP) is 17.5. The van der Waals surface area contributed by atoms with Crippen molar-refractivity contribution in [3.05, 3.63) is 12.2 Å². The summed E-state index contributed by atoms with van der Waals surface area (Å²) in [5.41, 5.74) is 0. The highest BCUT2D eigenvalue weighted by Crippen LogP contribution is 2.16. The maximum absolute atomic E-state index is 12.7. The second-order valence-electron chi connectivity index (χ2n) is 17.8.